The summed E-state index contributed by atoms with van der Waals surface area (Å²) in [5.74, 6) is -0.146. The van der Waals surface area contributed by atoms with E-state index in [-0.39, 0.29) is 5.91 Å². The highest BCUT2D eigenvalue weighted by Crippen LogP contribution is 2.34. The molecule has 0 spiro atoms. The first-order valence-corrected chi connectivity index (χ1v) is 10.0. The summed E-state index contributed by atoms with van der Waals surface area (Å²) in [5, 5.41) is 14.9. The average Bonchev–Trinajstić information content (AvgIpc) is 3.48. The molecule has 0 bridgehead atoms. The lowest BCUT2D eigenvalue weighted by Gasteiger charge is -2.05. The average molecular weight is 404 g/mol. The van der Waals surface area contributed by atoms with Crippen molar-refractivity contribution in [3.63, 3.8) is 0 Å². The largest absolute Gasteiger partial charge is 0.321 e. The van der Waals surface area contributed by atoms with Gasteiger partial charge in [0.1, 0.15) is 11.3 Å². The van der Waals surface area contributed by atoms with E-state index in [1.807, 2.05) is 54.6 Å². The molecule has 0 saturated carbocycles. The van der Waals surface area contributed by atoms with E-state index in [1.54, 1.807) is 16.0 Å². The van der Waals surface area contributed by atoms with Crippen molar-refractivity contribution < 1.29 is 4.79 Å². The fraction of sp³-hybridized carbons (Fsp3) is 0. The molecule has 0 saturated heterocycles. The van der Waals surface area contributed by atoms with E-state index in [0.717, 1.165) is 25.8 Å². The molecule has 5 aromatic rings. The molecule has 136 valence electrons. The third kappa shape index (κ3) is 3.17. The number of amides is 1. The SMILES string of the molecule is O=C(Nc1ccc(-n2cnnn2)cc1)c1ccc(-c2nc3ccccc3s2)s1. The van der Waals surface area contributed by atoms with Gasteiger partial charge in [-0.25, -0.2) is 9.67 Å². The molecule has 2 aromatic carbocycles. The highest BCUT2D eigenvalue weighted by atomic mass is 32.1. The molecule has 3 aromatic heterocycles. The van der Waals surface area contributed by atoms with Gasteiger partial charge in [0.25, 0.3) is 5.91 Å². The predicted molar refractivity (Wildman–Crippen MR) is 110 cm³/mol. The number of hydrogen-bond donors (Lipinski definition) is 1. The Kier molecular flexibility index (Phi) is 4.15. The van der Waals surface area contributed by atoms with Crippen LogP contribution in [0.25, 0.3) is 25.8 Å². The number of carbonyl (C=O) groups excluding carboxylic acids is 1. The topological polar surface area (TPSA) is 85.6 Å². The molecule has 0 fully saturated rings. The predicted octanol–water partition coefficient (Wildman–Crippen LogP) is 4.25. The van der Waals surface area contributed by atoms with Crippen LogP contribution in [0.2, 0.25) is 0 Å². The standard InChI is InChI=1S/C19H12N6OS2/c26-18(21-12-5-7-13(8-6-12)25-11-20-23-24-25)16-9-10-17(27-16)19-22-14-3-1-2-4-15(14)28-19/h1-11H,(H,21,26). The first kappa shape index (κ1) is 16.7. The van der Waals surface area contributed by atoms with Gasteiger partial charge < -0.3 is 5.32 Å². The van der Waals surface area contributed by atoms with Gasteiger partial charge in [-0.1, -0.05) is 12.1 Å². The number of nitrogens with zero attached hydrogens (tertiary/aromatic N) is 5. The number of para-hydroxylation sites is 1. The van der Waals surface area contributed by atoms with Crippen LogP contribution in [0.5, 0.6) is 0 Å². The van der Waals surface area contributed by atoms with Crippen LogP contribution in [0.15, 0.2) is 67.0 Å². The second-order valence-corrected chi connectivity index (χ2v) is 8.02. The molecule has 3 heterocycles. The maximum absolute atomic E-state index is 12.6. The van der Waals surface area contributed by atoms with Crippen LogP contribution in [0, 0.1) is 0 Å². The Morgan fingerprint density at radius 1 is 0.964 bits per heavy atom. The number of hydrogen-bond acceptors (Lipinski definition) is 7. The molecule has 0 unspecified atom stereocenters. The van der Waals surface area contributed by atoms with Crippen molar-refractivity contribution in [1.29, 1.82) is 0 Å². The van der Waals surface area contributed by atoms with Gasteiger partial charge in [0, 0.05) is 5.69 Å². The second-order valence-electron chi connectivity index (χ2n) is 5.91. The summed E-state index contributed by atoms with van der Waals surface area (Å²) < 4.78 is 2.69. The lowest BCUT2D eigenvalue weighted by molar-refractivity contribution is 0.103. The van der Waals surface area contributed by atoms with Crippen LogP contribution in [0.3, 0.4) is 0 Å². The van der Waals surface area contributed by atoms with E-state index >= 15 is 0 Å². The lowest BCUT2D eigenvalue weighted by Crippen LogP contribution is -2.10. The van der Waals surface area contributed by atoms with Crippen molar-refractivity contribution >= 4 is 44.5 Å². The molecule has 0 radical (unpaired) electrons. The molecule has 0 aliphatic heterocycles. The van der Waals surface area contributed by atoms with Crippen molar-refractivity contribution in [2.45, 2.75) is 0 Å². The van der Waals surface area contributed by atoms with Gasteiger partial charge in [0.15, 0.2) is 0 Å². The van der Waals surface area contributed by atoms with Crippen molar-refractivity contribution in [3.05, 3.63) is 71.9 Å². The lowest BCUT2D eigenvalue weighted by atomic mass is 10.2. The molecular formula is C19H12N6OS2. The van der Waals surface area contributed by atoms with Gasteiger partial charge in [0.2, 0.25) is 0 Å². The Bertz CT molecular complexity index is 1220. The van der Waals surface area contributed by atoms with E-state index in [1.165, 1.54) is 17.7 Å². The summed E-state index contributed by atoms with van der Waals surface area (Å²) in [6.07, 6.45) is 1.52. The summed E-state index contributed by atoms with van der Waals surface area (Å²) in [5.41, 5.74) is 2.50. The van der Waals surface area contributed by atoms with Gasteiger partial charge in [-0.3, -0.25) is 4.79 Å². The second kappa shape index (κ2) is 6.95. The number of anilines is 1. The van der Waals surface area contributed by atoms with E-state index in [2.05, 4.69) is 31.9 Å². The maximum atomic E-state index is 12.6. The van der Waals surface area contributed by atoms with Crippen LogP contribution < -0.4 is 5.32 Å². The van der Waals surface area contributed by atoms with Gasteiger partial charge in [-0.05, 0) is 59.0 Å². The summed E-state index contributed by atoms with van der Waals surface area (Å²) >= 11 is 3.06. The van der Waals surface area contributed by atoms with Crippen molar-refractivity contribution in [2.75, 3.05) is 5.32 Å². The zero-order chi connectivity index (χ0) is 18.9. The minimum absolute atomic E-state index is 0.146. The molecule has 1 amide bonds. The van der Waals surface area contributed by atoms with E-state index in [4.69, 9.17) is 0 Å². The minimum Gasteiger partial charge on any atom is -0.321 e. The van der Waals surface area contributed by atoms with Crippen LogP contribution in [-0.2, 0) is 0 Å². The summed E-state index contributed by atoms with van der Waals surface area (Å²) in [7, 11) is 0. The Hall–Kier alpha value is -3.43. The molecule has 28 heavy (non-hydrogen) atoms. The van der Waals surface area contributed by atoms with Crippen LogP contribution in [-0.4, -0.2) is 31.1 Å². The number of rotatable bonds is 4. The third-order valence-corrected chi connectivity index (χ3v) is 6.36. The van der Waals surface area contributed by atoms with E-state index in [0.29, 0.717) is 10.6 Å². The molecule has 0 aliphatic carbocycles. The van der Waals surface area contributed by atoms with Crippen LogP contribution in [0.4, 0.5) is 5.69 Å². The highest BCUT2D eigenvalue weighted by Gasteiger charge is 2.13. The summed E-state index contributed by atoms with van der Waals surface area (Å²) in [6, 6.07) is 19.1. The molecular weight excluding hydrogens is 392 g/mol. The zero-order valence-corrected chi connectivity index (χ0v) is 15.9. The highest BCUT2D eigenvalue weighted by molar-refractivity contribution is 7.26. The Balaban J connectivity index is 1.33. The molecule has 9 heteroatoms. The molecule has 7 nitrogen and oxygen atoms in total. The van der Waals surface area contributed by atoms with Crippen LogP contribution >= 0.6 is 22.7 Å². The number of nitrogens with one attached hydrogen (secondary N) is 1. The first-order chi connectivity index (χ1) is 13.8. The van der Waals surface area contributed by atoms with Crippen LogP contribution in [0.1, 0.15) is 9.67 Å². The van der Waals surface area contributed by atoms with E-state index < -0.39 is 0 Å². The maximum Gasteiger partial charge on any atom is 0.265 e. The van der Waals surface area contributed by atoms with Gasteiger partial charge in [-0.15, -0.1) is 27.8 Å². The number of thiazole rings is 1. The molecule has 1 N–H and O–H groups in total. The zero-order valence-electron chi connectivity index (χ0n) is 14.3. The number of aromatic nitrogens is 5. The van der Waals surface area contributed by atoms with Gasteiger partial charge >= 0.3 is 0 Å². The minimum atomic E-state index is -0.146. The number of fused-ring (bicyclic) bond motifs is 1. The number of benzene rings is 2. The Morgan fingerprint density at radius 2 is 1.82 bits per heavy atom. The fourth-order valence-electron chi connectivity index (χ4n) is 2.72. The normalized spacial score (nSPS) is 11.0. The van der Waals surface area contributed by atoms with Crippen molar-refractivity contribution in [3.8, 4) is 15.6 Å². The summed E-state index contributed by atoms with van der Waals surface area (Å²) in [6.45, 7) is 0. The quantitative estimate of drug-likeness (QED) is 0.484. The first-order valence-electron chi connectivity index (χ1n) is 8.37. The number of thiophene rings is 1. The number of tetrazole rings is 1. The molecule has 0 atom stereocenters. The van der Waals surface area contributed by atoms with Gasteiger partial charge in [-0.2, -0.15) is 0 Å². The third-order valence-electron chi connectivity index (χ3n) is 4.07. The smallest absolute Gasteiger partial charge is 0.265 e. The Morgan fingerprint density at radius 3 is 2.61 bits per heavy atom. The number of carbonyl (C=O) groups is 1. The van der Waals surface area contributed by atoms with Gasteiger partial charge in [0.05, 0.1) is 25.7 Å². The molecule has 0 aliphatic rings. The monoisotopic (exact) mass is 404 g/mol. The van der Waals surface area contributed by atoms with E-state index in [9.17, 15) is 4.79 Å². The molecule has 5 rings (SSSR count). The summed E-state index contributed by atoms with van der Waals surface area (Å²) in [4.78, 5) is 18.9. The van der Waals surface area contributed by atoms with Crippen molar-refractivity contribution in [2.24, 2.45) is 0 Å². The van der Waals surface area contributed by atoms with Crippen molar-refractivity contribution in [1.82, 2.24) is 25.2 Å². The fourth-order valence-corrected chi connectivity index (χ4v) is 4.64. The Labute approximate surface area is 167 Å².